The molecule has 1 aromatic heterocycles. The second kappa shape index (κ2) is 5.60. The Labute approximate surface area is 108 Å². The number of benzene rings is 1. The Morgan fingerprint density at radius 3 is 2.71 bits per heavy atom. The minimum Gasteiger partial charge on any atom is -0.366 e. The Balaban J connectivity index is 2.05. The number of rotatable bonds is 4. The number of aromatic nitrogens is 2. The second-order valence-electron chi connectivity index (χ2n) is 3.38. The maximum absolute atomic E-state index is 5.27. The molecule has 5 nitrogen and oxygen atoms in total. The van der Waals surface area contributed by atoms with Crippen LogP contribution in [0.25, 0.3) is 0 Å². The molecule has 0 unspecified atom stereocenters. The molecular weight excluding hydrogens is 282 g/mol. The lowest BCUT2D eigenvalue weighted by atomic mass is 10.2. The number of nitrogens with two attached hydrogens (primary N) is 1. The van der Waals surface area contributed by atoms with Crippen LogP contribution in [0.4, 0.5) is 11.6 Å². The van der Waals surface area contributed by atoms with Gasteiger partial charge in [0.2, 0.25) is 0 Å². The molecule has 0 amide bonds. The van der Waals surface area contributed by atoms with Crippen molar-refractivity contribution >= 4 is 27.6 Å². The molecule has 4 N–H and O–H groups in total. The third-order valence-electron chi connectivity index (χ3n) is 2.23. The normalized spacial score (nSPS) is 10.0. The van der Waals surface area contributed by atoms with Crippen molar-refractivity contribution < 1.29 is 0 Å². The summed E-state index contributed by atoms with van der Waals surface area (Å²) in [7, 11) is 0. The first-order chi connectivity index (χ1) is 8.29. The van der Waals surface area contributed by atoms with E-state index in [-0.39, 0.29) is 0 Å². The average Bonchev–Trinajstić information content (AvgIpc) is 2.38. The monoisotopic (exact) mass is 293 g/mol. The van der Waals surface area contributed by atoms with Gasteiger partial charge in [0.05, 0.1) is 0 Å². The lowest BCUT2D eigenvalue weighted by molar-refractivity contribution is 1.07. The van der Waals surface area contributed by atoms with E-state index in [4.69, 9.17) is 5.84 Å². The van der Waals surface area contributed by atoms with E-state index >= 15 is 0 Å². The van der Waals surface area contributed by atoms with E-state index < -0.39 is 0 Å². The van der Waals surface area contributed by atoms with Crippen molar-refractivity contribution in [2.75, 3.05) is 10.7 Å². The molecule has 0 aliphatic rings. The third-order valence-corrected chi connectivity index (χ3v) is 3.01. The van der Waals surface area contributed by atoms with Gasteiger partial charge in [0, 0.05) is 17.1 Å². The zero-order valence-electron chi connectivity index (χ0n) is 9.02. The summed E-state index contributed by atoms with van der Waals surface area (Å²) in [5, 5.41) is 3.20. The van der Waals surface area contributed by atoms with E-state index in [1.165, 1.54) is 6.33 Å². The minimum atomic E-state index is 0.578. The molecule has 6 heteroatoms. The van der Waals surface area contributed by atoms with Crippen LogP contribution in [0.5, 0.6) is 0 Å². The number of anilines is 2. The number of nitrogens with zero attached hydrogens (tertiary/aromatic N) is 2. The highest BCUT2D eigenvalue weighted by atomic mass is 79.9. The van der Waals surface area contributed by atoms with Gasteiger partial charge in [-0.15, -0.1) is 0 Å². The van der Waals surface area contributed by atoms with Crippen molar-refractivity contribution in [1.82, 2.24) is 9.97 Å². The summed E-state index contributed by atoms with van der Waals surface area (Å²) in [6.07, 6.45) is 1.46. The number of hydrogen-bond donors (Lipinski definition) is 3. The maximum atomic E-state index is 5.27. The Morgan fingerprint density at radius 1 is 1.18 bits per heavy atom. The molecule has 0 spiro atoms. The van der Waals surface area contributed by atoms with Crippen molar-refractivity contribution in [3.05, 3.63) is 46.7 Å². The molecule has 2 aromatic rings. The molecule has 1 heterocycles. The lowest BCUT2D eigenvalue weighted by Gasteiger charge is -2.08. The molecule has 17 heavy (non-hydrogen) atoms. The lowest BCUT2D eigenvalue weighted by Crippen LogP contribution is -2.10. The summed E-state index contributed by atoms with van der Waals surface area (Å²) >= 11 is 3.49. The summed E-state index contributed by atoms with van der Waals surface area (Å²) in [6, 6.07) is 9.77. The largest absolute Gasteiger partial charge is 0.366 e. The summed E-state index contributed by atoms with van der Waals surface area (Å²) < 4.78 is 1.07. The van der Waals surface area contributed by atoms with Crippen LogP contribution in [0.15, 0.2) is 41.1 Å². The van der Waals surface area contributed by atoms with E-state index in [0.717, 1.165) is 15.9 Å². The standard InChI is InChI=1S/C11H12BrN5/c12-9-4-2-1-3-8(9)6-14-10-5-11(17-13)16-7-15-10/h1-5,7H,6,13H2,(H2,14,15,16,17). The predicted molar refractivity (Wildman–Crippen MR) is 71.3 cm³/mol. The van der Waals surface area contributed by atoms with Gasteiger partial charge in [-0.05, 0) is 11.6 Å². The molecule has 0 fully saturated rings. The number of hydrogen-bond acceptors (Lipinski definition) is 5. The molecule has 0 saturated carbocycles. The Hall–Kier alpha value is -1.66. The van der Waals surface area contributed by atoms with Crippen molar-refractivity contribution in [2.24, 2.45) is 5.84 Å². The number of halogens is 1. The van der Waals surface area contributed by atoms with Crippen molar-refractivity contribution in [1.29, 1.82) is 0 Å². The van der Waals surface area contributed by atoms with Gasteiger partial charge in [0.25, 0.3) is 0 Å². The number of nitrogen functional groups attached to an aromatic ring is 1. The first-order valence-electron chi connectivity index (χ1n) is 5.05. The Bertz CT molecular complexity index is 503. The highest BCUT2D eigenvalue weighted by molar-refractivity contribution is 9.10. The fourth-order valence-corrected chi connectivity index (χ4v) is 1.79. The van der Waals surface area contributed by atoms with Gasteiger partial charge in [-0.2, -0.15) is 0 Å². The highest BCUT2D eigenvalue weighted by Crippen LogP contribution is 2.17. The molecule has 0 aliphatic heterocycles. The van der Waals surface area contributed by atoms with Gasteiger partial charge < -0.3 is 10.7 Å². The summed E-state index contributed by atoms with van der Waals surface area (Å²) in [5.74, 6) is 6.58. The van der Waals surface area contributed by atoms with Gasteiger partial charge in [-0.3, -0.25) is 0 Å². The van der Waals surface area contributed by atoms with Crippen molar-refractivity contribution in [2.45, 2.75) is 6.54 Å². The molecule has 1 aromatic carbocycles. The van der Waals surface area contributed by atoms with Gasteiger partial charge >= 0.3 is 0 Å². The van der Waals surface area contributed by atoms with E-state index in [9.17, 15) is 0 Å². The van der Waals surface area contributed by atoms with Crippen molar-refractivity contribution in [3.63, 3.8) is 0 Å². The summed E-state index contributed by atoms with van der Waals surface area (Å²) in [4.78, 5) is 8.03. The molecule has 0 bridgehead atoms. The van der Waals surface area contributed by atoms with Crippen LogP contribution < -0.4 is 16.6 Å². The van der Waals surface area contributed by atoms with Crippen LogP contribution in [0.3, 0.4) is 0 Å². The van der Waals surface area contributed by atoms with Crippen LogP contribution in [-0.2, 0) is 6.54 Å². The Kier molecular flexibility index (Phi) is 3.89. The zero-order chi connectivity index (χ0) is 12.1. The van der Waals surface area contributed by atoms with Crippen LogP contribution in [0.2, 0.25) is 0 Å². The summed E-state index contributed by atoms with van der Waals surface area (Å²) in [6.45, 7) is 0.683. The quantitative estimate of drug-likeness (QED) is 0.595. The van der Waals surface area contributed by atoms with Crippen LogP contribution >= 0.6 is 15.9 Å². The highest BCUT2D eigenvalue weighted by Gasteiger charge is 2.00. The van der Waals surface area contributed by atoms with Gasteiger partial charge in [-0.1, -0.05) is 34.1 Å². The number of hydrazine groups is 1. The average molecular weight is 294 g/mol. The summed E-state index contributed by atoms with van der Waals surface area (Å²) in [5.41, 5.74) is 3.64. The SMILES string of the molecule is NNc1cc(NCc2ccccc2Br)ncn1. The van der Waals surface area contributed by atoms with Crippen LogP contribution in [0.1, 0.15) is 5.56 Å². The fourth-order valence-electron chi connectivity index (χ4n) is 1.36. The van der Waals surface area contributed by atoms with E-state index in [2.05, 4.69) is 36.6 Å². The minimum absolute atomic E-state index is 0.578. The maximum Gasteiger partial charge on any atom is 0.145 e. The smallest absolute Gasteiger partial charge is 0.145 e. The first kappa shape index (κ1) is 11.8. The van der Waals surface area contributed by atoms with E-state index in [0.29, 0.717) is 12.4 Å². The van der Waals surface area contributed by atoms with Gasteiger partial charge in [-0.25, -0.2) is 15.8 Å². The van der Waals surface area contributed by atoms with Crippen LogP contribution in [0, 0.1) is 0 Å². The molecule has 0 atom stereocenters. The Morgan fingerprint density at radius 2 is 1.94 bits per heavy atom. The first-order valence-corrected chi connectivity index (χ1v) is 5.85. The molecule has 0 radical (unpaired) electrons. The predicted octanol–water partition coefficient (Wildman–Crippen LogP) is 2.14. The topological polar surface area (TPSA) is 75.9 Å². The van der Waals surface area contributed by atoms with Crippen molar-refractivity contribution in [3.8, 4) is 0 Å². The molecule has 0 aliphatic carbocycles. The molecular formula is C11H12BrN5. The third kappa shape index (κ3) is 3.15. The zero-order valence-corrected chi connectivity index (χ0v) is 10.6. The fraction of sp³-hybridized carbons (Fsp3) is 0.0909. The number of nitrogens with one attached hydrogen (secondary N) is 2. The van der Waals surface area contributed by atoms with E-state index in [1.807, 2.05) is 24.3 Å². The van der Waals surface area contributed by atoms with Gasteiger partial charge in [0.1, 0.15) is 18.0 Å². The second-order valence-corrected chi connectivity index (χ2v) is 4.23. The molecule has 88 valence electrons. The molecule has 2 rings (SSSR count). The van der Waals surface area contributed by atoms with Crippen LogP contribution in [-0.4, -0.2) is 9.97 Å². The molecule has 0 saturated heterocycles. The van der Waals surface area contributed by atoms with E-state index in [1.54, 1.807) is 6.07 Å². The van der Waals surface area contributed by atoms with Gasteiger partial charge in [0.15, 0.2) is 0 Å².